The summed E-state index contributed by atoms with van der Waals surface area (Å²) in [6, 6.07) is 27.0. The van der Waals surface area contributed by atoms with Gasteiger partial charge in [0.2, 0.25) is 11.8 Å². The second kappa shape index (κ2) is 14.3. The van der Waals surface area contributed by atoms with Crippen molar-refractivity contribution in [2.24, 2.45) is 0 Å². The first kappa shape index (κ1) is 33.7. The Bertz CT molecular complexity index is 1730. The number of anilines is 1. The molecule has 0 radical (unpaired) electrons. The standard InChI is InChI=1S/C35H37ClFN3O4S/c1-25-15-17-27(18-16-25)23-39(32(34(42)38-35(2,3)4)21-26-11-7-5-8-12-26)33(41)24-40(28-19-20-31(37)30(36)22-28)45(43,44)29-13-9-6-10-14-29/h5-20,22,32H,21,23-24H2,1-4H3,(H,38,42)/t32-/m1/s1. The molecular weight excluding hydrogens is 613 g/mol. The van der Waals surface area contributed by atoms with Gasteiger partial charge in [0.1, 0.15) is 18.4 Å². The molecule has 45 heavy (non-hydrogen) atoms. The maximum absolute atomic E-state index is 14.5. The van der Waals surface area contributed by atoms with Crippen molar-refractivity contribution < 1.29 is 22.4 Å². The zero-order valence-corrected chi connectivity index (χ0v) is 27.3. The van der Waals surface area contributed by atoms with Crippen LogP contribution in [0.5, 0.6) is 0 Å². The molecule has 4 rings (SSSR count). The van der Waals surface area contributed by atoms with Crippen molar-refractivity contribution in [1.29, 1.82) is 0 Å². The van der Waals surface area contributed by atoms with Crippen molar-refractivity contribution >= 4 is 39.1 Å². The quantitative estimate of drug-likeness (QED) is 0.200. The first-order chi connectivity index (χ1) is 21.2. The number of hydrogen-bond donors (Lipinski definition) is 1. The molecule has 0 heterocycles. The highest BCUT2D eigenvalue weighted by molar-refractivity contribution is 7.92. The van der Waals surface area contributed by atoms with Gasteiger partial charge in [-0.25, -0.2) is 12.8 Å². The summed E-state index contributed by atoms with van der Waals surface area (Å²) in [7, 11) is -4.32. The molecule has 0 aromatic heterocycles. The highest BCUT2D eigenvalue weighted by Crippen LogP contribution is 2.28. The van der Waals surface area contributed by atoms with Crippen LogP contribution in [-0.4, -0.2) is 43.3 Å². The molecule has 2 amide bonds. The number of carbonyl (C=O) groups is 2. The molecule has 0 saturated heterocycles. The average molecular weight is 650 g/mol. The average Bonchev–Trinajstić information content (AvgIpc) is 3.00. The van der Waals surface area contributed by atoms with Gasteiger partial charge in [0.25, 0.3) is 10.0 Å². The van der Waals surface area contributed by atoms with E-state index in [0.717, 1.165) is 27.1 Å². The Hall–Kier alpha value is -4.21. The Balaban J connectivity index is 1.82. The Morgan fingerprint density at radius 1 is 0.867 bits per heavy atom. The normalized spacial score (nSPS) is 12.3. The summed E-state index contributed by atoms with van der Waals surface area (Å²) in [5, 5.41) is 2.71. The van der Waals surface area contributed by atoms with Crippen molar-refractivity contribution in [2.45, 2.75) is 57.1 Å². The number of rotatable bonds is 11. The lowest BCUT2D eigenvalue weighted by atomic mass is 10.0. The lowest BCUT2D eigenvalue weighted by Gasteiger charge is -2.35. The lowest BCUT2D eigenvalue weighted by Crippen LogP contribution is -2.56. The molecule has 0 fully saturated rings. The molecule has 0 spiro atoms. The van der Waals surface area contributed by atoms with Gasteiger partial charge in [-0.1, -0.05) is 90.0 Å². The maximum atomic E-state index is 14.5. The number of aryl methyl sites for hydroxylation is 1. The third kappa shape index (κ3) is 8.93. The number of sulfonamides is 1. The minimum absolute atomic E-state index is 0.00708. The van der Waals surface area contributed by atoms with E-state index in [9.17, 15) is 22.4 Å². The molecule has 0 aliphatic rings. The molecule has 0 saturated carbocycles. The van der Waals surface area contributed by atoms with Crippen molar-refractivity contribution in [2.75, 3.05) is 10.8 Å². The van der Waals surface area contributed by atoms with Crippen molar-refractivity contribution in [3.63, 3.8) is 0 Å². The van der Waals surface area contributed by atoms with E-state index < -0.39 is 39.9 Å². The van der Waals surface area contributed by atoms with Crippen LogP contribution in [0.4, 0.5) is 10.1 Å². The molecule has 4 aromatic carbocycles. The monoisotopic (exact) mass is 649 g/mol. The first-order valence-corrected chi connectivity index (χ1v) is 16.3. The van der Waals surface area contributed by atoms with Gasteiger partial charge in [-0.2, -0.15) is 0 Å². The van der Waals surface area contributed by atoms with Gasteiger partial charge in [-0.15, -0.1) is 0 Å². The maximum Gasteiger partial charge on any atom is 0.264 e. The van der Waals surface area contributed by atoms with Gasteiger partial charge >= 0.3 is 0 Å². The SMILES string of the molecule is Cc1ccc(CN(C(=O)CN(c2ccc(F)c(Cl)c2)S(=O)(=O)c2ccccc2)[C@H](Cc2ccccc2)C(=O)NC(C)(C)C)cc1. The van der Waals surface area contributed by atoms with E-state index in [2.05, 4.69) is 5.32 Å². The zero-order valence-electron chi connectivity index (χ0n) is 25.7. The smallest absolute Gasteiger partial charge is 0.264 e. The molecule has 0 aliphatic carbocycles. The van der Waals surface area contributed by atoms with E-state index in [4.69, 9.17) is 11.6 Å². The summed E-state index contributed by atoms with van der Waals surface area (Å²) in [5.74, 6) is -1.73. The minimum atomic E-state index is -4.32. The number of halogens is 2. The fourth-order valence-electron chi connectivity index (χ4n) is 4.79. The van der Waals surface area contributed by atoms with Crippen molar-refractivity contribution in [1.82, 2.24) is 10.2 Å². The number of nitrogens with zero attached hydrogens (tertiary/aromatic N) is 2. The molecule has 4 aromatic rings. The Morgan fingerprint density at radius 3 is 2.04 bits per heavy atom. The highest BCUT2D eigenvalue weighted by Gasteiger charge is 2.35. The first-order valence-electron chi connectivity index (χ1n) is 14.5. The summed E-state index contributed by atoms with van der Waals surface area (Å²) >= 11 is 6.07. The van der Waals surface area contributed by atoms with Crippen molar-refractivity contribution in [3.8, 4) is 0 Å². The summed E-state index contributed by atoms with van der Waals surface area (Å²) < 4.78 is 43.1. The molecule has 0 bridgehead atoms. The van der Waals surface area contributed by atoms with Crippen LogP contribution in [0.15, 0.2) is 108 Å². The van der Waals surface area contributed by atoms with Crippen LogP contribution in [0.2, 0.25) is 5.02 Å². The molecular formula is C35H37ClFN3O4S. The van der Waals surface area contributed by atoms with E-state index in [1.807, 2.05) is 82.3 Å². The molecule has 1 atom stereocenters. The molecule has 0 aliphatic heterocycles. The van der Waals surface area contributed by atoms with E-state index in [1.165, 1.54) is 29.2 Å². The second-order valence-corrected chi connectivity index (χ2v) is 14.1. The van der Waals surface area contributed by atoms with Gasteiger partial charge in [-0.3, -0.25) is 13.9 Å². The predicted molar refractivity (Wildman–Crippen MR) is 176 cm³/mol. The van der Waals surface area contributed by atoms with Gasteiger partial charge in [0.15, 0.2) is 0 Å². The van der Waals surface area contributed by atoms with Crippen LogP contribution in [0.3, 0.4) is 0 Å². The van der Waals surface area contributed by atoms with Crippen LogP contribution >= 0.6 is 11.6 Å². The molecule has 10 heteroatoms. The highest BCUT2D eigenvalue weighted by atomic mass is 35.5. The summed E-state index contributed by atoms with van der Waals surface area (Å²) in [6.07, 6.45) is 0.189. The summed E-state index contributed by atoms with van der Waals surface area (Å²) in [4.78, 5) is 29.7. The van der Waals surface area contributed by atoms with Crippen LogP contribution in [0.1, 0.15) is 37.5 Å². The number of amides is 2. The van der Waals surface area contributed by atoms with Crippen LogP contribution in [-0.2, 0) is 32.6 Å². The minimum Gasteiger partial charge on any atom is -0.350 e. The zero-order chi connectivity index (χ0) is 32.8. The number of benzene rings is 4. The van der Waals surface area contributed by atoms with E-state index in [1.54, 1.807) is 18.2 Å². The van der Waals surface area contributed by atoms with Gasteiger partial charge in [0.05, 0.1) is 15.6 Å². The van der Waals surface area contributed by atoms with Gasteiger partial charge in [-0.05, 0) is 69.2 Å². The van der Waals surface area contributed by atoms with E-state index in [-0.39, 0.29) is 34.5 Å². The second-order valence-electron chi connectivity index (χ2n) is 11.9. The largest absolute Gasteiger partial charge is 0.350 e. The lowest BCUT2D eigenvalue weighted by molar-refractivity contribution is -0.140. The van der Waals surface area contributed by atoms with Gasteiger partial charge < -0.3 is 10.2 Å². The number of hydrogen-bond acceptors (Lipinski definition) is 4. The third-order valence-corrected chi connectivity index (χ3v) is 9.12. The third-order valence-electron chi connectivity index (χ3n) is 7.04. The molecule has 0 unspecified atom stereocenters. The molecule has 236 valence electrons. The predicted octanol–water partition coefficient (Wildman–Crippen LogP) is 6.54. The topological polar surface area (TPSA) is 86.8 Å². The van der Waals surface area contributed by atoms with Gasteiger partial charge in [0, 0.05) is 18.5 Å². The van der Waals surface area contributed by atoms with E-state index in [0.29, 0.717) is 0 Å². The Kier molecular flexibility index (Phi) is 10.7. The fourth-order valence-corrected chi connectivity index (χ4v) is 6.39. The number of nitrogens with one attached hydrogen (secondary N) is 1. The molecule has 1 N–H and O–H groups in total. The molecule has 7 nitrogen and oxygen atoms in total. The Morgan fingerprint density at radius 2 is 1.47 bits per heavy atom. The number of carbonyl (C=O) groups excluding carboxylic acids is 2. The van der Waals surface area contributed by atoms with E-state index >= 15 is 0 Å². The fraction of sp³-hybridized carbons (Fsp3) is 0.257. The van der Waals surface area contributed by atoms with Crippen LogP contribution in [0.25, 0.3) is 0 Å². The summed E-state index contributed by atoms with van der Waals surface area (Å²) in [5.41, 5.74) is 2.02. The van der Waals surface area contributed by atoms with Crippen molar-refractivity contribution in [3.05, 3.63) is 131 Å². The Labute approximate surface area is 269 Å². The summed E-state index contributed by atoms with van der Waals surface area (Å²) in [6.45, 7) is 6.87. The van der Waals surface area contributed by atoms with Crippen LogP contribution in [0, 0.1) is 12.7 Å². The van der Waals surface area contributed by atoms with Crippen LogP contribution < -0.4 is 9.62 Å².